The first-order valence-corrected chi connectivity index (χ1v) is 8.85. The van der Waals surface area contributed by atoms with Gasteiger partial charge in [0.15, 0.2) is 0 Å². The maximum atomic E-state index is 12.4. The fourth-order valence-corrected chi connectivity index (χ4v) is 3.01. The first-order valence-electron chi connectivity index (χ1n) is 8.85. The molecular weight excluding hydrogens is 358 g/mol. The van der Waals surface area contributed by atoms with E-state index in [1.54, 1.807) is 42.5 Å². The second kappa shape index (κ2) is 7.96. The van der Waals surface area contributed by atoms with Crippen molar-refractivity contribution in [2.24, 2.45) is 5.73 Å². The van der Waals surface area contributed by atoms with Crippen molar-refractivity contribution in [3.05, 3.63) is 65.2 Å². The highest BCUT2D eigenvalue weighted by molar-refractivity contribution is 6.31. The zero-order chi connectivity index (χ0) is 20.3. The number of methoxy groups -OCH3 is 1. The molecule has 1 unspecified atom stereocenters. The molecule has 0 saturated heterocycles. The summed E-state index contributed by atoms with van der Waals surface area (Å²) in [6.07, 6.45) is 2.60. The van der Waals surface area contributed by atoms with Gasteiger partial charge >= 0.3 is 5.97 Å². The fraction of sp³-hybridized carbons (Fsp3) is 0.190. The Morgan fingerprint density at radius 2 is 1.86 bits per heavy atom. The average Bonchev–Trinajstić information content (AvgIpc) is 3.01. The van der Waals surface area contributed by atoms with Gasteiger partial charge in [-0.05, 0) is 48.9 Å². The third-order valence-electron chi connectivity index (χ3n) is 4.55. The first kappa shape index (κ1) is 19.2. The largest absolute Gasteiger partial charge is 0.465 e. The number of fused-ring (bicyclic) bond motifs is 1. The summed E-state index contributed by atoms with van der Waals surface area (Å²) < 4.78 is 4.69. The summed E-state index contributed by atoms with van der Waals surface area (Å²) in [4.78, 5) is 35.3. The predicted molar refractivity (Wildman–Crippen MR) is 107 cm³/mol. The van der Waals surface area contributed by atoms with Crippen LogP contribution in [0.15, 0.2) is 48.5 Å². The van der Waals surface area contributed by atoms with Crippen LogP contribution in [0.3, 0.4) is 0 Å². The smallest absolute Gasteiger partial charge is 0.337 e. The Bertz CT molecular complexity index is 964. The third-order valence-corrected chi connectivity index (χ3v) is 4.55. The Hall–Kier alpha value is -3.61. The summed E-state index contributed by atoms with van der Waals surface area (Å²) >= 11 is 0. The number of rotatable bonds is 6. The number of carbonyl (C=O) groups is 3. The minimum atomic E-state index is -0.544. The van der Waals surface area contributed by atoms with E-state index in [0.717, 1.165) is 17.7 Å². The molecular formula is C21H21N3O4. The van der Waals surface area contributed by atoms with Crippen molar-refractivity contribution in [1.82, 2.24) is 0 Å². The normalized spacial score (nSPS) is 14.9. The van der Waals surface area contributed by atoms with Gasteiger partial charge in [-0.2, -0.15) is 0 Å². The van der Waals surface area contributed by atoms with Crippen LogP contribution in [0.25, 0.3) is 5.57 Å². The van der Waals surface area contributed by atoms with Gasteiger partial charge in [-0.15, -0.1) is 0 Å². The Morgan fingerprint density at radius 1 is 1.18 bits per heavy atom. The highest BCUT2D eigenvalue weighted by Gasteiger charge is 2.25. The third kappa shape index (κ3) is 3.88. The Morgan fingerprint density at radius 3 is 2.46 bits per heavy atom. The number of ether oxygens (including phenoxy) is 1. The molecule has 1 aliphatic rings. The molecule has 1 atom stereocenters. The van der Waals surface area contributed by atoms with Crippen LogP contribution in [0.2, 0.25) is 0 Å². The van der Waals surface area contributed by atoms with Gasteiger partial charge in [-0.25, -0.2) is 4.79 Å². The molecule has 7 nitrogen and oxygen atoms in total. The van der Waals surface area contributed by atoms with Gasteiger partial charge in [0.25, 0.3) is 5.91 Å². The molecule has 2 aromatic carbocycles. The van der Waals surface area contributed by atoms with Crippen LogP contribution in [0.4, 0.5) is 11.4 Å². The summed E-state index contributed by atoms with van der Waals surface area (Å²) in [5.74, 6) is -1.16. The van der Waals surface area contributed by atoms with Crippen LogP contribution in [0.1, 0.15) is 39.6 Å². The molecule has 0 radical (unpaired) electrons. The summed E-state index contributed by atoms with van der Waals surface area (Å²) in [5, 5.41) is 6.11. The molecule has 2 aromatic rings. The number of hydrogen-bond donors (Lipinski definition) is 3. The average molecular weight is 379 g/mol. The molecule has 7 heteroatoms. The van der Waals surface area contributed by atoms with Gasteiger partial charge in [0.05, 0.1) is 12.7 Å². The number of nitrogens with one attached hydrogen (secondary N) is 2. The lowest BCUT2D eigenvalue weighted by atomic mass is 10.0. The van der Waals surface area contributed by atoms with Crippen LogP contribution in [-0.4, -0.2) is 30.9 Å². The topological polar surface area (TPSA) is 111 Å². The molecule has 0 fully saturated rings. The lowest BCUT2D eigenvalue weighted by molar-refractivity contribution is -0.110. The molecule has 0 spiro atoms. The van der Waals surface area contributed by atoms with Crippen molar-refractivity contribution in [1.29, 1.82) is 0 Å². The minimum absolute atomic E-state index is 0.105. The maximum absolute atomic E-state index is 12.4. The number of hydrogen-bond acceptors (Lipinski definition) is 5. The van der Waals surface area contributed by atoms with Crippen molar-refractivity contribution < 1.29 is 19.1 Å². The Kier molecular flexibility index (Phi) is 5.44. The minimum Gasteiger partial charge on any atom is -0.465 e. The summed E-state index contributed by atoms with van der Waals surface area (Å²) in [6, 6.07) is 11.7. The van der Waals surface area contributed by atoms with Crippen LogP contribution < -0.4 is 16.4 Å². The van der Waals surface area contributed by atoms with Gasteiger partial charge in [0.2, 0.25) is 5.91 Å². The van der Waals surface area contributed by atoms with E-state index in [4.69, 9.17) is 10.5 Å². The second-order valence-corrected chi connectivity index (χ2v) is 6.39. The summed E-state index contributed by atoms with van der Waals surface area (Å²) in [5.41, 5.74) is 8.77. The van der Waals surface area contributed by atoms with Crippen LogP contribution in [-0.2, 0) is 9.53 Å². The van der Waals surface area contributed by atoms with Crippen molar-refractivity contribution in [3.8, 4) is 0 Å². The molecule has 1 heterocycles. The lowest BCUT2D eigenvalue weighted by Gasteiger charge is -2.15. The molecule has 2 amide bonds. The Labute approximate surface area is 162 Å². The maximum Gasteiger partial charge on any atom is 0.337 e. The Balaban J connectivity index is 1.82. The molecule has 4 N–H and O–H groups in total. The van der Waals surface area contributed by atoms with E-state index in [1.807, 2.05) is 13.0 Å². The number of carbonyl (C=O) groups excluding carboxylic acids is 3. The fourth-order valence-electron chi connectivity index (χ4n) is 3.01. The highest BCUT2D eigenvalue weighted by atomic mass is 16.5. The van der Waals surface area contributed by atoms with Crippen molar-refractivity contribution in [3.63, 3.8) is 0 Å². The van der Waals surface area contributed by atoms with E-state index in [9.17, 15) is 14.4 Å². The highest BCUT2D eigenvalue weighted by Crippen LogP contribution is 2.33. The standard InChI is InChI=1S/C21H21N3O4/c1-3-14(23-15-7-4-12(5-8-15)21(27)28-2)11-17-16-9-6-13(19(22)25)10-18(16)24-20(17)26/h4-11,14,23H,3H2,1-2H3,(H2,22,25)(H,24,26). The van der Waals surface area contributed by atoms with E-state index < -0.39 is 11.9 Å². The molecule has 0 bridgehead atoms. The number of benzene rings is 2. The van der Waals surface area contributed by atoms with Crippen LogP contribution >= 0.6 is 0 Å². The number of nitrogens with two attached hydrogens (primary N) is 1. The monoisotopic (exact) mass is 379 g/mol. The van der Waals surface area contributed by atoms with Gasteiger partial charge in [0, 0.05) is 34.1 Å². The van der Waals surface area contributed by atoms with Crippen molar-refractivity contribution in [2.45, 2.75) is 19.4 Å². The van der Waals surface area contributed by atoms with Crippen LogP contribution in [0, 0.1) is 0 Å². The van der Waals surface area contributed by atoms with E-state index in [2.05, 4.69) is 10.6 Å². The zero-order valence-electron chi connectivity index (χ0n) is 15.6. The van der Waals surface area contributed by atoms with E-state index in [0.29, 0.717) is 22.4 Å². The van der Waals surface area contributed by atoms with E-state index in [-0.39, 0.29) is 11.9 Å². The van der Waals surface area contributed by atoms with E-state index >= 15 is 0 Å². The number of amides is 2. The van der Waals surface area contributed by atoms with Gasteiger partial charge in [-0.3, -0.25) is 9.59 Å². The molecule has 1 aliphatic heterocycles. The van der Waals surface area contributed by atoms with Gasteiger partial charge in [-0.1, -0.05) is 13.0 Å². The lowest BCUT2D eigenvalue weighted by Crippen LogP contribution is -2.17. The quantitative estimate of drug-likeness (QED) is 0.528. The number of esters is 1. The zero-order valence-corrected chi connectivity index (χ0v) is 15.6. The number of primary amides is 1. The predicted octanol–water partition coefficient (Wildman–Crippen LogP) is 2.80. The molecule has 3 rings (SSSR count). The first-order chi connectivity index (χ1) is 13.4. The molecule has 144 valence electrons. The van der Waals surface area contributed by atoms with Crippen LogP contribution in [0.5, 0.6) is 0 Å². The second-order valence-electron chi connectivity index (χ2n) is 6.39. The summed E-state index contributed by atoms with van der Waals surface area (Å²) in [7, 11) is 1.34. The molecule has 0 aromatic heterocycles. The molecule has 28 heavy (non-hydrogen) atoms. The molecule has 0 saturated carbocycles. The van der Waals surface area contributed by atoms with Crippen molar-refractivity contribution in [2.75, 3.05) is 17.7 Å². The van der Waals surface area contributed by atoms with Gasteiger partial charge < -0.3 is 21.1 Å². The number of anilines is 2. The SMILES string of the molecule is CCC(C=C1C(=O)Nc2cc(C(N)=O)ccc21)Nc1ccc(C(=O)OC)cc1. The van der Waals surface area contributed by atoms with Gasteiger partial charge in [0.1, 0.15) is 0 Å². The van der Waals surface area contributed by atoms with Crippen molar-refractivity contribution >= 4 is 34.7 Å². The van der Waals surface area contributed by atoms with E-state index in [1.165, 1.54) is 7.11 Å². The molecule has 0 aliphatic carbocycles. The summed E-state index contributed by atoms with van der Waals surface area (Å²) in [6.45, 7) is 2.00.